The van der Waals surface area contributed by atoms with Gasteiger partial charge in [-0.2, -0.15) is 0 Å². The van der Waals surface area contributed by atoms with Crippen LogP contribution < -0.4 is 10.1 Å². The Balaban J connectivity index is 1.37. The molecule has 11 heteroatoms. The van der Waals surface area contributed by atoms with Gasteiger partial charge >= 0.3 is 0 Å². The van der Waals surface area contributed by atoms with Crippen molar-refractivity contribution in [3.8, 4) is 5.75 Å². The first-order valence-corrected chi connectivity index (χ1v) is 13.4. The summed E-state index contributed by atoms with van der Waals surface area (Å²) in [6, 6.07) is 7.13. The van der Waals surface area contributed by atoms with Crippen molar-refractivity contribution in [1.82, 2.24) is 15.2 Å². The van der Waals surface area contributed by atoms with Crippen LogP contribution in [-0.4, -0.2) is 58.8 Å². The highest BCUT2D eigenvalue weighted by Crippen LogP contribution is 2.28. The van der Waals surface area contributed by atoms with E-state index in [4.69, 9.17) is 27.9 Å². The molecule has 2 N–H and O–H groups in total. The zero-order chi connectivity index (χ0) is 25.8. The van der Waals surface area contributed by atoms with Crippen molar-refractivity contribution < 1.29 is 23.4 Å². The van der Waals surface area contributed by atoms with Crippen molar-refractivity contribution in [2.24, 2.45) is 0 Å². The number of hydrogen-bond acceptors (Lipinski definition) is 6. The lowest BCUT2D eigenvalue weighted by Crippen LogP contribution is -2.54. The van der Waals surface area contributed by atoms with Crippen molar-refractivity contribution in [3.05, 3.63) is 57.0 Å². The Labute approximate surface area is 222 Å². The topological polar surface area (TPSA) is 74.7 Å². The average molecular weight is 558 g/mol. The second-order valence-corrected chi connectivity index (χ2v) is 10.7. The summed E-state index contributed by atoms with van der Waals surface area (Å²) in [5, 5.41) is 13.8. The summed E-state index contributed by atoms with van der Waals surface area (Å²) in [5.41, 5.74) is 0.477. The number of thiazole rings is 1. The van der Waals surface area contributed by atoms with E-state index in [1.165, 1.54) is 24.3 Å². The second kappa shape index (κ2) is 12.0. The molecule has 2 aromatic carbocycles. The summed E-state index contributed by atoms with van der Waals surface area (Å²) in [6.45, 7) is 2.84. The highest BCUT2D eigenvalue weighted by Gasteiger charge is 2.31. The molecule has 3 aromatic rings. The van der Waals surface area contributed by atoms with E-state index >= 15 is 0 Å². The Morgan fingerprint density at radius 2 is 1.97 bits per heavy atom. The number of hydrogen-bond donors (Lipinski definition) is 2. The molecule has 0 aliphatic carbocycles. The molecular weight excluding hydrogens is 531 g/mol. The highest BCUT2D eigenvalue weighted by atomic mass is 35.5. The molecule has 6 nitrogen and oxygen atoms in total. The molecule has 0 bridgehead atoms. The first kappa shape index (κ1) is 27.0. The number of aromatic nitrogens is 1. The van der Waals surface area contributed by atoms with Crippen molar-refractivity contribution in [1.29, 1.82) is 0 Å². The van der Waals surface area contributed by atoms with Gasteiger partial charge in [0.2, 0.25) is 0 Å². The maximum Gasteiger partial charge on any atom is 0.280 e. The minimum atomic E-state index is -0.807. The van der Waals surface area contributed by atoms with Crippen LogP contribution in [0.1, 0.15) is 42.4 Å². The lowest BCUT2D eigenvalue weighted by molar-refractivity contribution is 0.0102. The number of amides is 1. The van der Waals surface area contributed by atoms with Gasteiger partial charge in [-0.25, -0.2) is 13.8 Å². The van der Waals surface area contributed by atoms with Crippen molar-refractivity contribution >= 4 is 50.7 Å². The molecule has 3 atom stereocenters. The number of halogens is 4. The number of carbonyl (C=O) groups excluding carboxylic acids is 1. The van der Waals surface area contributed by atoms with Crippen LogP contribution in [0, 0.1) is 11.6 Å². The maximum absolute atomic E-state index is 13.7. The third kappa shape index (κ3) is 6.44. The molecule has 194 valence electrons. The van der Waals surface area contributed by atoms with E-state index in [2.05, 4.69) is 22.1 Å². The number of nitrogens with one attached hydrogen (secondary N) is 1. The Morgan fingerprint density at radius 1 is 1.22 bits per heavy atom. The van der Waals surface area contributed by atoms with Crippen LogP contribution in [0.5, 0.6) is 5.75 Å². The Morgan fingerprint density at radius 3 is 2.72 bits per heavy atom. The highest BCUT2D eigenvalue weighted by molar-refractivity contribution is 7.20. The van der Waals surface area contributed by atoms with Crippen molar-refractivity contribution in [2.75, 3.05) is 19.7 Å². The van der Waals surface area contributed by atoms with Crippen LogP contribution in [-0.2, 0) is 0 Å². The number of β-amino-alcohol motifs (C(OH)–C–C–N with tert-alkyl or cyclic N) is 1. The van der Waals surface area contributed by atoms with Gasteiger partial charge in [-0.3, -0.25) is 9.69 Å². The van der Waals surface area contributed by atoms with Gasteiger partial charge in [0, 0.05) is 31.2 Å². The minimum Gasteiger partial charge on any atom is -0.491 e. The normalized spacial score (nSPS) is 19.4. The van der Waals surface area contributed by atoms with E-state index in [0.29, 0.717) is 29.1 Å². The molecule has 1 saturated heterocycles. The third-order valence-electron chi connectivity index (χ3n) is 6.36. The van der Waals surface area contributed by atoms with Gasteiger partial charge in [-0.1, -0.05) is 36.5 Å². The summed E-state index contributed by atoms with van der Waals surface area (Å²) in [6.07, 6.45) is 2.99. The summed E-state index contributed by atoms with van der Waals surface area (Å²) < 4.78 is 33.5. The van der Waals surface area contributed by atoms with Crippen LogP contribution in [0.25, 0.3) is 10.2 Å². The number of aliphatic hydroxyl groups excluding tert-OH is 1. The van der Waals surface area contributed by atoms with Crippen LogP contribution in [0.2, 0.25) is 10.0 Å². The second-order valence-electron chi connectivity index (χ2n) is 8.85. The molecule has 1 amide bonds. The molecule has 0 saturated carbocycles. The lowest BCUT2D eigenvalue weighted by Gasteiger charge is -2.43. The zero-order valence-corrected chi connectivity index (χ0v) is 22.0. The number of nitrogens with zero attached hydrogens (tertiary/aromatic N) is 2. The molecular formula is C25H27Cl2F2N3O3S. The molecule has 0 spiro atoms. The fourth-order valence-electron chi connectivity index (χ4n) is 4.54. The maximum atomic E-state index is 13.7. The lowest BCUT2D eigenvalue weighted by atomic mass is 9.93. The van der Waals surface area contributed by atoms with Gasteiger partial charge in [0.15, 0.2) is 5.01 Å². The minimum absolute atomic E-state index is 0.00207. The van der Waals surface area contributed by atoms with Gasteiger partial charge in [0.25, 0.3) is 5.91 Å². The number of rotatable bonds is 9. The van der Waals surface area contributed by atoms with Crippen LogP contribution in [0.3, 0.4) is 0 Å². The Kier molecular flexibility index (Phi) is 9.00. The predicted molar refractivity (Wildman–Crippen MR) is 138 cm³/mol. The molecule has 0 radical (unpaired) electrons. The van der Waals surface area contributed by atoms with Crippen molar-refractivity contribution in [2.45, 2.75) is 50.8 Å². The van der Waals surface area contributed by atoms with Gasteiger partial charge in [0.05, 0.1) is 20.3 Å². The molecule has 1 aliphatic rings. The van der Waals surface area contributed by atoms with Crippen LogP contribution in [0.4, 0.5) is 8.78 Å². The summed E-state index contributed by atoms with van der Waals surface area (Å²) in [5.74, 6) is -1.17. The summed E-state index contributed by atoms with van der Waals surface area (Å²) >= 11 is 12.6. The fourth-order valence-corrected chi connectivity index (χ4v) is 5.70. The van der Waals surface area contributed by atoms with Crippen LogP contribution in [0.15, 0.2) is 30.3 Å². The summed E-state index contributed by atoms with van der Waals surface area (Å²) in [7, 11) is 0. The molecule has 1 aliphatic heterocycles. The monoisotopic (exact) mass is 557 g/mol. The third-order valence-corrected chi connectivity index (χ3v) is 7.98. The summed E-state index contributed by atoms with van der Waals surface area (Å²) in [4.78, 5) is 19.3. The number of benzene rings is 2. The molecule has 4 rings (SSSR count). The first-order valence-electron chi connectivity index (χ1n) is 11.8. The van der Waals surface area contributed by atoms with Crippen molar-refractivity contribution in [3.63, 3.8) is 0 Å². The Bertz CT molecular complexity index is 1190. The zero-order valence-electron chi connectivity index (χ0n) is 19.6. The van der Waals surface area contributed by atoms with E-state index in [1.807, 2.05) is 0 Å². The van der Waals surface area contributed by atoms with E-state index in [-0.39, 0.29) is 39.7 Å². The number of likely N-dealkylation sites (tertiary alicyclic amines) is 1. The first-order chi connectivity index (χ1) is 17.2. The van der Waals surface area contributed by atoms with E-state index < -0.39 is 17.7 Å². The standard InChI is InChI=1S/C25H27Cl2F2N3O3S/c1-2-14-4-3-5-15(32(14)12-16(33)13-35-17-6-7-18(26)20(28)8-17)11-30-24(34)25-31-22-9-19(27)21(29)10-23(22)36-25/h6-10,14-16,33H,2-5,11-13H2,1H3,(H,30,34). The van der Waals surface area contributed by atoms with Crippen LogP contribution >= 0.6 is 34.5 Å². The van der Waals surface area contributed by atoms with Gasteiger partial charge in [-0.05, 0) is 43.5 Å². The number of fused-ring (bicyclic) bond motifs is 1. The van der Waals surface area contributed by atoms with Gasteiger partial charge in [-0.15, -0.1) is 11.3 Å². The average Bonchev–Trinajstić information content (AvgIpc) is 3.26. The smallest absolute Gasteiger partial charge is 0.280 e. The van der Waals surface area contributed by atoms with E-state index in [9.17, 15) is 18.7 Å². The number of aliphatic hydroxyl groups is 1. The SMILES string of the molecule is CCC1CCCC(CNC(=O)c2nc3cc(Cl)c(F)cc3s2)N1CC(O)COc1ccc(Cl)c(F)c1. The van der Waals surface area contributed by atoms with Gasteiger partial charge < -0.3 is 15.2 Å². The number of piperidine rings is 1. The van der Waals surface area contributed by atoms with Gasteiger partial charge in [0.1, 0.15) is 30.1 Å². The number of ether oxygens (including phenoxy) is 1. The molecule has 1 aromatic heterocycles. The molecule has 36 heavy (non-hydrogen) atoms. The molecule has 2 heterocycles. The predicted octanol–water partition coefficient (Wildman–Crippen LogP) is 5.68. The molecule has 3 unspecified atom stereocenters. The molecule has 1 fully saturated rings. The largest absolute Gasteiger partial charge is 0.491 e. The Hall–Kier alpha value is -2.04. The number of carbonyl (C=O) groups is 1. The fraction of sp³-hybridized carbons (Fsp3) is 0.440. The van der Waals surface area contributed by atoms with E-state index in [1.54, 1.807) is 6.07 Å². The quantitative estimate of drug-likeness (QED) is 0.354. The van der Waals surface area contributed by atoms with E-state index in [0.717, 1.165) is 37.0 Å².